The summed E-state index contributed by atoms with van der Waals surface area (Å²) in [6.45, 7) is 5.59. The van der Waals surface area contributed by atoms with Crippen LogP contribution in [0, 0.1) is 13.8 Å². The van der Waals surface area contributed by atoms with Gasteiger partial charge in [0.25, 0.3) is 5.91 Å². The zero-order chi connectivity index (χ0) is 14.1. The van der Waals surface area contributed by atoms with E-state index in [0.29, 0.717) is 12.3 Å². The first-order valence-electron chi connectivity index (χ1n) is 7.12. The van der Waals surface area contributed by atoms with Crippen molar-refractivity contribution in [1.29, 1.82) is 0 Å². The lowest BCUT2D eigenvalue weighted by atomic mass is 10.1. The number of amides is 1. The minimum atomic E-state index is -0.0475. The Morgan fingerprint density at radius 3 is 3.00 bits per heavy atom. The molecular weight excluding hydrogens is 252 g/mol. The number of aryl methyl sites for hydroxylation is 2. The molecule has 1 aromatic heterocycles. The first-order chi connectivity index (χ1) is 9.65. The Kier molecular flexibility index (Phi) is 3.49. The van der Waals surface area contributed by atoms with Crippen LogP contribution in [0.1, 0.15) is 34.5 Å². The lowest BCUT2D eigenvalue weighted by Gasteiger charge is -2.22. The molecule has 4 heteroatoms. The molecular formula is C16H20N2O2. The second-order valence-corrected chi connectivity index (χ2v) is 5.54. The third-order valence-electron chi connectivity index (χ3n) is 4.08. The Labute approximate surface area is 118 Å². The lowest BCUT2D eigenvalue weighted by Crippen LogP contribution is -2.40. The normalized spacial score (nSPS) is 19.2. The number of nitrogens with one attached hydrogen (secondary N) is 2. The summed E-state index contributed by atoms with van der Waals surface area (Å²) in [7, 11) is 0. The molecule has 1 aliphatic heterocycles. The topological polar surface area (TPSA) is 54.1 Å². The van der Waals surface area contributed by atoms with Crippen molar-refractivity contribution in [2.75, 3.05) is 13.2 Å². The molecule has 1 aromatic carbocycles. The van der Waals surface area contributed by atoms with E-state index in [1.54, 1.807) is 0 Å². The predicted molar refractivity (Wildman–Crippen MR) is 79.1 cm³/mol. The smallest absolute Gasteiger partial charge is 0.268 e. The molecule has 2 heterocycles. The van der Waals surface area contributed by atoms with Gasteiger partial charge in [-0.05, 0) is 49.9 Å². The van der Waals surface area contributed by atoms with Gasteiger partial charge < -0.3 is 15.0 Å². The van der Waals surface area contributed by atoms with E-state index in [-0.39, 0.29) is 11.9 Å². The maximum atomic E-state index is 12.3. The first kappa shape index (κ1) is 13.2. The summed E-state index contributed by atoms with van der Waals surface area (Å²) < 4.78 is 5.39. The first-order valence-corrected chi connectivity index (χ1v) is 7.12. The number of carbonyl (C=O) groups excluding carboxylic acids is 1. The molecule has 0 unspecified atom stereocenters. The average molecular weight is 272 g/mol. The molecule has 1 fully saturated rings. The molecule has 1 saturated heterocycles. The Balaban J connectivity index is 1.82. The zero-order valence-corrected chi connectivity index (χ0v) is 12.0. The predicted octanol–water partition coefficient (Wildman–Crippen LogP) is 2.69. The molecule has 20 heavy (non-hydrogen) atoms. The molecule has 1 aliphatic rings. The van der Waals surface area contributed by atoms with Gasteiger partial charge in [0.2, 0.25) is 0 Å². The van der Waals surface area contributed by atoms with E-state index in [2.05, 4.69) is 30.2 Å². The highest BCUT2D eigenvalue weighted by Crippen LogP contribution is 2.22. The number of ether oxygens (including phenoxy) is 1. The van der Waals surface area contributed by atoms with Crippen LogP contribution < -0.4 is 5.32 Å². The number of hydrogen-bond acceptors (Lipinski definition) is 2. The molecule has 2 aromatic rings. The summed E-state index contributed by atoms with van der Waals surface area (Å²) in [5.74, 6) is -0.0475. The van der Waals surface area contributed by atoms with Crippen LogP contribution in [0.15, 0.2) is 18.2 Å². The van der Waals surface area contributed by atoms with Crippen LogP contribution in [0.5, 0.6) is 0 Å². The molecule has 0 aliphatic carbocycles. The fourth-order valence-corrected chi connectivity index (χ4v) is 2.70. The van der Waals surface area contributed by atoms with E-state index in [0.717, 1.165) is 30.4 Å². The van der Waals surface area contributed by atoms with Gasteiger partial charge >= 0.3 is 0 Å². The number of aromatic amines is 1. The molecule has 4 nitrogen and oxygen atoms in total. The van der Waals surface area contributed by atoms with E-state index in [9.17, 15) is 4.79 Å². The number of aromatic nitrogens is 1. The van der Waals surface area contributed by atoms with Gasteiger partial charge in [0.05, 0.1) is 12.6 Å². The van der Waals surface area contributed by atoms with Crippen LogP contribution in [0.3, 0.4) is 0 Å². The SMILES string of the molecule is Cc1ccc2[nH]c(C(=O)N[C@@H]3CCCOC3)cc2c1C. The summed E-state index contributed by atoms with van der Waals surface area (Å²) in [5.41, 5.74) is 4.10. The van der Waals surface area contributed by atoms with Gasteiger partial charge in [0.1, 0.15) is 5.69 Å². The van der Waals surface area contributed by atoms with Crippen molar-refractivity contribution in [2.24, 2.45) is 0 Å². The largest absolute Gasteiger partial charge is 0.379 e. The fourth-order valence-electron chi connectivity index (χ4n) is 2.70. The summed E-state index contributed by atoms with van der Waals surface area (Å²) in [4.78, 5) is 15.5. The van der Waals surface area contributed by atoms with Gasteiger partial charge in [-0.25, -0.2) is 0 Å². The third kappa shape index (κ3) is 2.43. The Bertz CT molecular complexity index is 639. The van der Waals surface area contributed by atoms with Crippen molar-refractivity contribution >= 4 is 16.8 Å². The van der Waals surface area contributed by atoms with Crippen LogP contribution in [0.4, 0.5) is 0 Å². The molecule has 1 amide bonds. The van der Waals surface area contributed by atoms with Crippen molar-refractivity contribution in [3.8, 4) is 0 Å². The summed E-state index contributed by atoms with van der Waals surface area (Å²) in [6, 6.07) is 6.17. The summed E-state index contributed by atoms with van der Waals surface area (Å²) >= 11 is 0. The highest BCUT2D eigenvalue weighted by atomic mass is 16.5. The lowest BCUT2D eigenvalue weighted by molar-refractivity contribution is 0.0622. The van der Waals surface area contributed by atoms with Crippen molar-refractivity contribution in [3.05, 3.63) is 35.0 Å². The number of carbonyl (C=O) groups is 1. The monoisotopic (exact) mass is 272 g/mol. The molecule has 0 bridgehead atoms. The van der Waals surface area contributed by atoms with E-state index in [1.165, 1.54) is 11.1 Å². The minimum absolute atomic E-state index is 0.0475. The standard InChI is InChI=1S/C16H20N2O2/c1-10-5-6-14-13(11(10)2)8-15(18-14)16(19)17-12-4-3-7-20-9-12/h5-6,8,12,18H,3-4,7,9H2,1-2H3,(H,17,19)/t12-/m1/s1. The number of hydrogen-bond donors (Lipinski definition) is 2. The van der Waals surface area contributed by atoms with Gasteiger partial charge in [-0.1, -0.05) is 6.07 Å². The maximum absolute atomic E-state index is 12.3. The minimum Gasteiger partial charge on any atom is -0.379 e. The number of H-pyrrole nitrogens is 1. The number of fused-ring (bicyclic) bond motifs is 1. The molecule has 0 spiro atoms. The Morgan fingerprint density at radius 2 is 2.25 bits per heavy atom. The van der Waals surface area contributed by atoms with Crippen LogP contribution in [-0.2, 0) is 4.74 Å². The average Bonchev–Trinajstić information content (AvgIpc) is 2.89. The summed E-state index contributed by atoms with van der Waals surface area (Å²) in [5, 5.41) is 4.16. The van der Waals surface area contributed by atoms with Crippen molar-refractivity contribution in [2.45, 2.75) is 32.7 Å². The Hall–Kier alpha value is -1.81. The van der Waals surface area contributed by atoms with Crippen molar-refractivity contribution in [3.63, 3.8) is 0 Å². The fraction of sp³-hybridized carbons (Fsp3) is 0.438. The molecule has 106 valence electrons. The second-order valence-electron chi connectivity index (χ2n) is 5.54. The third-order valence-corrected chi connectivity index (χ3v) is 4.08. The van der Waals surface area contributed by atoms with Gasteiger partial charge in [-0.3, -0.25) is 4.79 Å². The molecule has 2 N–H and O–H groups in total. The van der Waals surface area contributed by atoms with Gasteiger partial charge in [-0.15, -0.1) is 0 Å². The highest BCUT2D eigenvalue weighted by molar-refractivity contribution is 5.99. The number of benzene rings is 1. The van der Waals surface area contributed by atoms with Crippen molar-refractivity contribution < 1.29 is 9.53 Å². The summed E-state index contributed by atoms with van der Waals surface area (Å²) in [6.07, 6.45) is 2.00. The quantitative estimate of drug-likeness (QED) is 0.883. The van der Waals surface area contributed by atoms with E-state index in [1.807, 2.05) is 12.1 Å². The van der Waals surface area contributed by atoms with Crippen LogP contribution in [-0.4, -0.2) is 30.1 Å². The van der Waals surface area contributed by atoms with E-state index >= 15 is 0 Å². The molecule has 0 radical (unpaired) electrons. The van der Waals surface area contributed by atoms with Crippen molar-refractivity contribution in [1.82, 2.24) is 10.3 Å². The van der Waals surface area contributed by atoms with Crippen LogP contribution in [0.2, 0.25) is 0 Å². The van der Waals surface area contributed by atoms with Crippen LogP contribution >= 0.6 is 0 Å². The van der Waals surface area contributed by atoms with E-state index in [4.69, 9.17) is 4.74 Å². The maximum Gasteiger partial charge on any atom is 0.268 e. The van der Waals surface area contributed by atoms with Crippen LogP contribution in [0.25, 0.3) is 10.9 Å². The van der Waals surface area contributed by atoms with Gasteiger partial charge in [-0.2, -0.15) is 0 Å². The molecule has 1 atom stereocenters. The van der Waals surface area contributed by atoms with Gasteiger partial charge in [0, 0.05) is 17.5 Å². The highest BCUT2D eigenvalue weighted by Gasteiger charge is 2.18. The molecule has 3 rings (SSSR count). The molecule has 0 saturated carbocycles. The Morgan fingerprint density at radius 1 is 1.40 bits per heavy atom. The second kappa shape index (κ2) is 5.29. The number of rotatable bonds is 2. The van der Waals surface area contributed by atoms with E-state index < -0.39 is 0 Å². The zero-order valence-electron chi connectivity index (χ0n) is 12.0. The van der Waals surface area contributed by atoms with Gasteiger partial charge in [0.15, 0.2) is 0 Å².